The van der Waals surface area contributed by atoms with E-state index in [2.05, 4.69) is 20.5 Å². The number of ether oxygens (including phenoxy) is 1. The molecule has 132 valence electrons. The molecule has 3 aromatic rings. The van der Waals surface area contributed by atoms with Crippen molar-refractivity contribution in [2.75, 3.05) is 18.5 Å². The summed E-state index contributed by atoms with van der Waals surface area (Å²) in [4.78, 5) is 5.66. The lowest BCUT2D eigenvalue weighted by atomic mass is 10.2. The number of aromatic nitrogens is 3. The van der Waals surface area contributed by atoms with Crippen molar-refractivity contribution in [1.82, 2.24) is 15.2 Å². The highest BCUT2D eigenvalue weighted by Crippen LogP contribution is 2.31. The van der Waals surface area contributed by atoms with Gasteiger partial charge in [-0.3, -0.25) is 0 Å². The Labute approximate surface area is 158 Å². The number of nitrogens with zero attached hydrogens (tertiary/aromatic N) is 3. The molecule has 0 spiro atoms. The van der Waals surface area contributed by atoms with Gasteiger partial charge in [0.15, 0.2) is 4.34 Å². The molecule has 9 heteroatoms. The van der Waals surface area contributed by atoms with Gasteiger partial charge in [-0.1, -0.05) is 29.2 Å². The molecule has 0 aromatic carbocycles. The molecule has 0 bridgehead atoms. The van der Waals surface area contributed by atoms with Crippen molar-refractivity contribution in [3.8, 4) is 10.8 Å². The minimum atomic E-state index is 0.299. The zero-order chi connectivity index (χ0) is 17.1. The molecule has 1 unspecified atom stereocenters. The van der Waals surface area contributed by atoms with Crippen LogP contribution in [-0.2, 0) is 10.5 Å². The van der Waals surface area contributed by atoms with Crippen LogP contribution in [0.25, 0.3) is 10.8 Å². The Kier molecular flexibility index (Phi) is 5.35. The molecule has 4 heterocycles. The van der Waals surface area contributed by atoms with Crippen LogP contribution in [0.4, 0.5) is 5.13 Å². The third-order valence-electron chi connectivity index (χ3n) is 3.87. The maximum atomic E-state index is 5.78. The quantitative estimate of drug-likeness (QED) is 0.594. The summed E-state index contributed by atoms with van der Waals surface area (Å²) in [6, 6.07) is 4.02. The zero-order valence-corrected chi connectivity index (χ0v) is 16.2. The Morgan fingerprint density at radius 1 is 1.40 bits per heavy atom. The molecule has 0 saturated carbocycles. The Morgan fingerprint density at radius 2 is 2.36 bits per heavy atom. The summed E-state index contributed by atoms with van der Waals surface area (Å²) in [7, 11) is 0. The molecular formula is C16H18N4O2S3. The third kappa shape index (κ3) is 4.22. The SMILES string of the molecule is Cc1oc(-c2cccs2)nc1CSc1nnc(NCC2CCCO2)s1. The largest absolute Gasteiger partial charge is 0.440 e. The number of anilines is 1. The van der Waals surface area contributed by atoms with Crippen molar-refractivity contribution in [3.63, 3.8) is 0 Å². The fourth-order valence-electron chi connectivity index (χ4n) is 2.54. The van der Waals surface area contributed by atoms with Crippen molar-refractivity contribution in [3.05, 3.63) is 29.0 Å². The van der Waals surface area contributed by atoms with Crippen LogP contribution in [0.3, 0.4) is 0 Å². The van der Waals surface area contributed by atoms with E-state index in [4.69, 9.17) is 9.15 Å². The predicted molar refractivity (Wildman–Crippen MR) is 101 cm³/mol. The molecule has 3 aromatic heterocycles. The second-order valence-electron chi connectivity index (χ2n) is 5.68. The van der Waals surface area contributed by atoms with E-state index in [1.54, 1.807) is 34.4 Å². The number of hydrogen-bond donors (Lipinski definition) is 1. The van der Waals surface area contributed by atoms with Gasteiger partial charge in [0.25, 0.3) is 0 Å². The van der Waals surface area contributed by atoms with Gasteiger partial charge in [-0.2, -0.15) is 0 Å². The van der Waals surface area contributed by atoms with E-state index in [1.807, 2.05) is 24.4 Å². The van der Waals surface area contributed by atoms with Gasteiger partial charge in [0, 0.05) is 18.9 Å². The van der Waals surface area contributed by atoms with Gasteiger partial charge >= 0.3 is 0 Å². The summed E-state index contributed by atoms with van der Waals surface area (Å²) in [6.07, 6.45) is 2.56. The monoisotopic (exact) mass is 394 g/mol. The zero-order valence-electron chi connectivity index (χ0n) is 13.7. The molecule has 0 radical (unpaired) electrons. The predicted octanol–water partition coefficient (Wildman–Crippen LogP) is 4.45. The van der Waals surface area contributed by atoms with Gasteiger partial charge < -0.3 is 14.5 Å². The highest BCUT2D eigenvalue weighted by atomic mass is 32.2. The van der Waals surface area contributed by atoms with Gasteiger partial charge in [0.1, 0.15) is 5.76 Å². The van der Waals surface area contributed by atoms with Crippen molar-refractivity contribution < 1.29 is 9.15 Å². The third-order valence-corrected chi connectivity index (χ3v) is 6.75. The Bertz CT molecular complexity index is 809. The smallest absolute Gasteiger partial charge is 0.236 e. The fraction of sp³-hybridized carbons (Fsp3) is 0.438. The van der Waals surface area contributed by atoms with Crippen LogP contribution >= 0.6 is 34.4 Å². The van der Waals surface area contributed by atoms with E-state index in [0.29, 0.717) is 12.0 Å². The number of thiophene rings is 1. The number of hydrogen-bond acceptors (Lipinski definition) is 9. The molecule has 1 N–H and O–H groups in total. The summed E-state index contributed by atoms with van der Waals surface area (Å²) >= 11 is 4.83. The lowest BCUT2D eigenvalue weighted by Gasteiger charge is -2.08. The highest BCUT2D eigenvalue weighted by molar-refractivity contribution is 8.00. The first-order valence-electron chi connectivity index (χ1n) is 8.10. The van der Waals surface area contributed by atoms with Crippen molar-refractivity contribution in [1.29, 1.82) is 0 Å². The van der Waals surface area contributed by atoms with Crippen molar-refractivity contribution in [2.24, 2.45) is 0 Å². The number of rotatable bonds is 7. The lowest BCUT2D eigenvalue weighted by Crippen LogP contribution is -2.18. The fourth-order valence-corrected chi connectivity index (χ4v) is 4.95. The summed E-state index contributed by atoms with van der Waals surface area (Å²) in [6.45, 7) is 3.62. The van der Waals surface area contributed by atoms with Crippen molar-refractivity contribution in [2.45, 2.75) is 36.0 Å². The number of aryl methyl sites for hydroxylation is 1. The van der Waals surface area contributed by atoms with Gasteiger partial charge in [-0.05, 0) is 31.2 Å². The first kappa shape index (κ1) is 17.0. The summed E-state index contributed by atoms with van der Waals surface area (Å²) < 4.78 is 12.3. The van der Waals surface area contributed by atoms with E-state index in [0.717, 1.165) is 57.5 Å². The van der Waals surface area contributed by atoms with Gasteiger partial charge in [-0.15, -0.1) is 21.5 Å². The number of oxazole rings is 1. The Morgan fingerprint density at radius 3 is 3.16 bits per heavy atom. The Hall–Kier alpha value is -1.42. The average Bonchev–Trinajstić information content (AvgIpc) is 3.38. The molecule has 1 fully saturated rings. The summed E-state index contributed by atoms with van der Waals surface area (Å²) in [5, 5.41) is 14.6. The van der Waals surface area contributed by atoms with E-state index in [9.17, 15) is 0 Å². The minimum Gasteiger partial charge on any atom is -0.440 e. The molecular weight excluding hydrogens is 376 g/mol. The molecule has 0 amide bonds. The number of thioether (sulfide) groups is 1. The van der Waals surface area contributed by atoms with Gasteiger partial charge in [-0.25, -0.2) is 4.98 Å². The maximum absolute atomic E-state index is 5.78. The molecule has 0 aliphatic carbocycles. The van der Waals surface area contributed by atoms with E-state index < -0.39 is 0 Å². The van der Waals surface area contributed by atoms with Crippen LogP contribution < -0.4 is 5.32 Å². The molecule has 25 heavy (non-hydrogen) atoms. The van der Waals surface area contributed by atoms with E-state index in [1.165, 1.54) is 0 Å². The first-order chi connectivity index (χ1) is 12.3. The van der Waals surface area contributed by atoms with Gasteiger partial charge in [0.2, 0.25) is 11.0 Å². The Balaban J connectivity index is 1.32. The minimum absolute atomic E-state index is 0.299. The van der Waals surface area contributed by atoms with E-state index >= 15 is 0 Å². The lowest BCUT2D eigenvalue weighted by molar-refractivity contribution is 0.120. The normalized spacial score (nSPS) is 17.2. The second-order valence-corrected chi connectivity index (χ2v) is 8.82. The van der Waals surface area contributed by atoms with Crippen LogP contribution in [0, 0.1) is 6.92 Å². The van der Waals surface area contributed by atoms with Crippen LogP contribution in [-0.4, -0.2) is 34.4 Å². The number of nitrogens with one attached hydrogen (secondary N) is 1. The van der Waals surface area contributed by atoms with Crippen LogP contribution in [0.5, 0.6) is 0 Å². The molecule has 6 nitrogen and oxygen atoms in total. The maximum Gasteiger partial charge on any atom is 0.236 e. The molecule has 1 aliphatic heterocycles. The molecule has 1 atom stereocenters. The first-order valence-corrected chi connectivity index (χ1v) is 10.8. The second kappa shape index (κ2) is 7.86. The van der Waals surface area contributed by atoms with Crippen LogP contribution in [0.15, 0.2) is 26.3 Å². The van der Waals surface area contributed by atoms with Crippen molar-refractivity contribution >= 4 is 39.6 Å². The van der Waals surface area contributed by atoms with Gasteiger partial charge in [0.05, 0.1) is 16.7 Å². The molecule has 4 rings (SSSR count). The summed E-state index contributed by atoms with van der Waals surface area (Å²) in [5.74, 6) is 2.28. The molecule has 1 saturated heterocycles. The van der Waals surface area contributed by atoms with E-state index in [-0.39, 0.29) is 0 Å². The average molecular weight is 395 g/mol. The molecule has 1 aliphatic rings. The summed E-state index contributed by atoms with van der Waals surface area (Å²) in [5.41, 5.74) is 0.956. The highest BCUT2D eigenvalue weighted by Gasteiger charge is 2.16. The van der Waals surface area contributed by atoms with Crippen LogP contribution in [0.1, 0.15) is 24.3 Å². The topological polar surface area (TPSA) is 73.1 Å². The standard InChI is InChI=1S/C16H18N4O2S3/c1-10-12(18-14(22-10)13-5-3-7-23-13)9-24-16-20-19-15(25-16)17-8-11-4-2-6-21-11/h3,5,7,11H,2,4,6,8-9H2,1H3,(H,17,19). The van der Waals surface area contributed by atoms with Crippen LogP contribution in [0.2, 0.25) is 0 Å².